The van der Waals surface area contributed by atoms with E-state index in [-0.39, 0.29) is 30.1 Å². The van der Waals surface area contributed by atoms with Crippen LogP contribution in [-0.4, -0.2) is 49.2 Å². The van der Waals surface area contributed by atoms with Crippen LogP contribution in [0.25, 0.3) is 10.9 Å². The van der Waals surface area contributed by atoms with Crippen molar-refractivity contribution >= 4 is 45.8 Å². The maximum absolute atomic E-state index is 13.2. The molecule has 0 aliphatic carbocycles. The average molecular weight is 633 g/mol. The number of fused-ring (bicyclic) bond motifs is 3. The fraction of sp³-hybridized carbons (Fsp3) is 0.375. The molecule has 2 saturated heterocycles. The molecule has 45 heavy (non-hydrogen) atoms. The van der Waals surface area contributed by atoms with Crippen LogP contribution in [0.1, 0.15) is 52.1 Å². The summed E-state index contributed by atoms with van der Waals surface area (Å²) in [5.41, 5.74) is 0.749. The van der Waals surface area contributed by atoms with E-state index >= 15 is 0 Å². The van der Waals surface area contributed by atoms with Gasteiger partial charge in [-0.25, -0.2) is 14.8 Å². The number of amides is 1. The topological polar surface area (TPSA) is 142 Å². The minimum Gasteiger partial charge on any atom is -0.486 e. The van der Waals surface area contributed by atoms with Crippen LogP contribution < -0.4 is 14.8 Å². The molecule has 1 atom stereocenters. The summed E-state index contributed by atoms with van der Waals surface area (Å²) in [6.45, 7) is 5.80. The van der Waals surface area contributed by atoms with E-state index < -0.39 is 22.7 Å². The standard InChI is InChI=1S/C32H33ClN6O6/c1-32(2,3)30(45-31(40)38-21-8-9-22(38)11-10-21)44-28-16-25-23(15-26(28)39(41)42)29(36-18-35-25)37-19-7-12-27(24(33)14-19)43-17-20-6-4-5-13-34-20/h4-7,12-16,18,21-22,30H,8-11,17H2,1-3H3,(H,35,36,37). The SMILES string of the molecule is CC(C)(C)C(OC(=O)N1C2CCC1CC2)Oc1cc2ncnc(Nc3ccc(OCc4ccccn4)c(Cl)c3)c2cc1[N+](=O)[O-]. The number of benzene rings is 2. The lowest BCUT2D eigenvalue weighted by Crippen LogP contribution is -2.43. The van der Waals surface area contributed by atoms with Crippen molar-refractivity contribution in [1.29, 1.82) is 0 Å². The number of anilines is 2. The largest absolute Gasteiger partial charge is 0.486 e. The molecular weight excluding hydrogens is 600 g/mol. The number of hydrogen-bond acceptors (Lipinski definition) is 10. The number of nitrogens with one attached hydrogen (secondary N) is 1. The summed E-state index contributed by atoms with van der Waals surface area (Å²) >= 11 is 6.49. The molecule has 1 unspecified atom stereocenters. The van der Waals surface area contributed by atoms with Crippen molar-refractivity contribution in [3.63, 3.8) is 0 Å². The summed E-state index contributed by atoms with van der Waals surface area (Å²) < 4.78 is 17.8. The Hall–Kier alpha value is -4.71. The number of nitrogens with zero attached hydrogens (tertiary/aromatic N) is 5. The fourth-order valence-corrected chi connectivity index (χ4v) is 5.97. The molecule has 0 spiro atoms. The highest BCUT2D eigenvalue weighted by Gasteiger charge is 2.45. The first-order valence-electron chi connectivity index (χ1n) is 14.7. The monoisotopic (exact) mass is 632 g/mol. The average Bonchev–Trinajstić information content (AvgIpc) is 3.61. The molecule has 0 radical (unpaired) electrons. The van der Waals surface area contributed by atoms with Crippen LogP contribution in [0.2, 0.25) is 5.02 Å². The first-order chi connectivity index (χ1) is 21.6. The van der Waals surface area contributed by atoms with Crippen molar-refractivity contribution in [2.45, 2.75) is 71.4 Å². The van der Waals surface area contributed by atoms with Crippen molar-refractivity contribution in [2.75, 3.05) is 5.32 Å². The number of aromatic nitrogens is 3. The number of nitro benzene ring substituents is 1. The van der Waals surface area contributed by atoms with Gasteiger partial charge in [0.2, 0.25) is 5.75 Å². The van der Waals surface area contributed by atoms with Gasteiger partial charge >= 0.3 is 11.8 Å². The Labute approximate surface area is 264 Å². The molecule has 4 aromatic rings. The predicted octanol–water partition coefficient (Wildman–Crippen LogP) is 7.42. The summed E-state index contributed by atoms with van der Waals surface area (Å²) in [6, 6.07) is 13.9. The van der Waals surface area contributed by atoms with Gasteiger partial charge in [0.15, 0.2) is 0 Å². The molecule has 4 heterocycles. The smallest absolute Gasteiger partial charge is 0.413 e. The Morgan fingerprint density at radius 3 is 2.47 bits per heavy atom. The van der Waals surface area contributed by atoms with Gasteiger partial charge in [-0.05, 0) is 56.0 Å². The number of pyridine rings is 1. The number of carbonyl (C=O) groups is 1. The normalized spacial score (nSPS) is 18.1. The van der Waals surface area contributed by atoms with Crippen LogP contribution in [0.5, 0.6) is 11.5 Å². The molecule has 1 N–H and O–H groups in total. The summed E-state index contributed by atoms with van der Waals surface area (Å²) in [5, 5.41) is 16.2. The van der Waals surface area contributed by atoms with Gasteiger partial charge in [0, 0.05) is 41.5 Å². The Morgan fingerprint density at radius 1 is 1.07 bits per heavy atom. The Balaban J connectivity index is 1.23. The quantitative estimate of drug-likeness (QED) is 0.112. The molecule has 6 rings (SSSR count). The number of rotatable bonds is 9. The Morgan fingerprint density at radius 2 is 1.82 bits per heavy atom. The van der Waals surface area contributed by atoms with E-state index in [4.69, 9.17) is 25.8 Å². The zero-order chi connectivity index (χ0) is 31.7. The van der Waals surface area contributed by atoms with Gasteiger partial charge in [0.05, 0.1) is 26.5 Å². The molecule has 234 valence electrons. The fourth-order valence-electron chi connectivity index (χ4n) is 5.73. The van der Waals surface area contributed by atoms with Gasteiger partial charge in [-0.1, -0.05) is 38.4 Å². The van der Waals surface area contributed by atoms with Gasteiger partial charge in [-0.3, -0.25) is 15.1 Å². The van der Waals surface area contributed by atoms with Gasteiger partial charge in [0.25, 0.3) is 6.29 Å². The van der Waals surface area contributed by atoms with Crippen LogP contribution >= 0.6 is 11.6 Å². The maximum atomic E-state index is 13.2. The van der Waals surface area contributed by atoms with E-state index in [1.54, 1.807) is 29.3 Å². The highest BCUT2D eigenvalue weighted by atomic mass is 35.5. The third kappa shape index (κ3) is 6.56. The minimum absolute atomic E-state index is 0.0632. The number of hydrogen-bond donors (Lipinski definition) is 1. The first-order valence-corrected chi connectivity index (χ1v) is 15.1. The summed E-state index contributed by atoms with van der Waals surface area (Å²) in [7, 11) is 0. The lowest BCUT2D eigenvalue weighted by Gasteiger charge is -2.32. The molecule has 13 heteroatoms. The number of halogens is 1. The molecule has 1 amide bonds. The van der Waals surface area contributed by atoms with E-state index in [1.807, 2.05) is 39.0 Å². The second kappa shape index (κ2) is 12.4. The van der Waals surface area contributed by atoms with E-state index in [9.17, 15) is 14.9 Å². The van der Waals surface area contributed by atoms with Crippen molar-refractivity contribution in [3.8, 4) is 11.5 Å². The second-order valence-electron chi connectivity index (χ2n) is 12.3. The molecule has 0 saturated carbocycles. The van der Waals surface area contributed by atoms with E-state index in [1.165, 1.54) is 18.5 Å². The summed E-state index contributed by atoms with van der Waals surface area (Å²) in [5.74, 6) is 0.743. The zero-order valence-corrected chi connectivity index (χ0v) is 25.9. The molecule has 2 aliphatic heterocycles. The minimum atomic E-state index is -1.08. The van der Waals surface area contributed by atoms with Crippen molar-refractivity contribution < 1.29 is 23.9 Å². The van der Waals surface area contributed by atoms with E-state index in [2.05, 4.69) is 20.3 Å². The van der Waals surface area contributed by atoms with Crippen molar-refractivity contribution in [2.24, 2.45) is 5.41 Å². The van der Waals surface area contributed by atoms with Crippen LogP contribution in [0.3, 0.4) is 0 Å². The third-order valence-electron chi connectivity index (χ3n) is 8.02. The van der Waals surface area contributed by atoms with Crippen molar-refractivity contribution in [1.82, 2.24) is 19.9 Å². The lowest BCUT2D eigenvalue weighted by molar-refractivity contribution is -0.386. The number of carbonyl (C=O) groups excluding carboxylic acids is 1. The maximum Gasteiger partial charge on any atom is 0.413 e. The third-order valence-corrected chi connectivity index (χ3v) is 8.32. The van der Waals surface area contributed by atoms with Crippen LogP contribution in [0.4, 0.5) is 22.0 Å². The molecule has 2 fully saturated rings. The first kappa shape index (κ1) is 30.3. The molecule has 2 aromatic carbocycles. The molecule has 2 bridgehead atoms. The second-order valence-corrected chi connectivity index (χ2v) is 12.7. The van der Waals surface area contributed by atoms with Crippen LogP contribution in [-0.2, 0) is 11.3 Å². The summed E-state index contributed by atoms with van der Waals surface area (Å²) in [6.07, 6.45) is 5.34. The molecule has 12 nitrogen and oxygen atoms in total. The van der Waals surface area contributed by atoms with Gasteiger partial charge in [0.1, 0.15) is 24.5 Å². The van der Waals surface area contributed by atoms with E-state index in [0.29, 0.717) is 33.2 Å². The highest BCUT2D eigenvalue weighted by molar-refractivity contribution is 6.32. The van der Waals surface area contributed by atoms with Crippen LogP contribution in [0, 0.1) is 15.5 Å². The Kier molecular flexibility index (Phi) is 8.32. The highest BCUT2D eigenvalue weighted by Crippen LogP contribution is 2.40. The lowest BCUT2D eigenvalue weighted by atomic mass is 9.96. The molecule has 2 aromatic heterocycles. The zero-order valence-electron chi connectivity index (χ0n) is 25.1. The summed E-state index contributed by atoms with van der Waals surface area (Å²) in [4.78, 5) is 39.6. The molecule has 2 aliphatic rings. The van der Waals surface area contributed by atoms with Gasteiger partial charge in [-0.2, -0.15) is 0 Å². The van der Waals surface area contributed by atoms with E-state index in [0.717, 1.165) is 31.4 Å². The molecular formula is C32H33ClN6O6. The number of ether oxygens (including phenoxy) is 3. The van der Waals surface area contributed by atoms with Crippen LogP contribution in [0.15, 0.2) is 61.1 Å². The predicted molar refractivity (Wildman–Crippen MR) is 168 cm³/mol. The van der Waals surface area contributed by atoms with Gasteiger partial charge in [-0.15, -0.1) is 0 Å². The van der Waals surface area contributed by atoms with Crippen molar-refractivity contribution in [3.05, 3.63) is 81.9 Å². The Bertz CT molecular complexity index is 1710. The number of nitro groups is 1. The van der Waals surface area contributed by atoms with Gasteiger partial charge < -0.3 is 24.4 Å².